The second-order valence-electron chi connectivity index (χ2n) is 19.0. The third-order valence-corrected chi connectivity index (χ3v) is 14.7. The summed E-state index contributed by atoms with van der Waals surface area (Å²) in [5.41, 5.74) is 12.8. The highest BCUT2D eigenvalue weighted by atomic mass is 15.6. The van der Waals surface area contributed by atoms with E-state index >= 15 is 0 Å². The van der Waals surface area contributed by atoms with Crippen LogP contribution in [0, 0.1) is 0 Å². The molecule has 552 valence electrons. The summed E-state index contributed by atoms with van der Waals surface area (Å²) in [6.07, 6.45) is 38.4. The van der Waals surface area contributed by atoms with Gasteiger partial charge >= 0.3 is 0 Å². The first kappa shape index (κ1) is 89.7. The van der Waals surface area contributed by atoms with Gasteiger partial charge in [0.25, 0.3) is 5.82 Å². The third kappa shape index (κ3) is 20.0. The van der Waals surface area contributed by atoms with E-state index in [1.165, 1.54) is 28.1 Å². The van der Waals surface area contributed by atoms with Gasteiger partial charge in [-0.25, -0.2) is 15.0 Å². The van der Waals surface area contributed by atoms with Crippen molar-refractivity contribution < 1.29 is 28.1 Å². The highest BCUT2D eigenvalue weighted by molar-refractivity contribution is 5.38. The van der Waals surface area contributed by atoms with E-state index in [-0.39, 0.29) is 18.1 Å². The second-order valence-corrected chi connectivity index (χ2v) is 19.0. The molecular formula is C77H125N25+6. The number of hydrogen-bond donors (Lipinski definition) is 0. The molecule has 25 nitrogen and oxygen atoms in total. The van der Waals surface area contributed by atoms with Gasteiger partial charge in [-0.15, -0.1) is 28.1 Å². The molecule has 0 amide bonds. The van der Waals surface area contributed by atoms with E-state index in [0.29, 0.717) is 18.1 Å². The Balaban J connectivity index is 0.000000577. The maximum absolute atomic E-state index is 4.35. The number of para-hydroxylation sites is 1. The van der Waals surface area contributed by atoms with Crippen LogP contribution in [0.15, 0.2) is 179 Å². The molecule has 0 aliphatic carbocycles. The molecule has 0 saturated carbocycles. The monoisotopic (exact) mass is 1400 g/mol. The molecule has 0 saturated heterocycles. The Labute approximate surface area is 610 Å². The summed E-state index contributed by atoms with van der Waals surface area (Å²) in [7, 11) is 0. The minimum atomic E-state index is 0.202. The summed E-state index contributed by atoms with van der Waals surface area (Å²) in [6.45, 7) is 60.7. The lowest BCUT2D eigenvalue weighted by atomic mass is 10.1. The topological polar surface area (TPSA) is 220 Å². The Morgan fingerprint density at radius 2 is 0.569 bits per heavy atom. The maximum Gasteiger partial charge on any atom is 0.293 e. The molecule has 0 bridgehead atoms. The quantitative estimate of drug-likeness (QED) is 0.129. The van der Waals surface area contributed by atoms with Gasteiger partial charge in [0.2, 0.25) is 31.0 Å². The van der Waals surface area contributed by atoms with Crippen LogP contribution >= 0.6 is 0 Å². The van der Waals surface area contributed by atoms with E-state index in [4.69, 9.17) is 0 Å². The Bertz CT molecular complexity index is 3450. The largest absolute Gasteiger partial charge is 0.293 e. The first-order chi connectivity index (χ1) is 50.3. The molecule has 6 aliphatic rings. The van der Waals surface area contributed by atoms with Gasteiger partial charge in [0.15, 0.2) is 84.0 Å². The van der Waals surface area contributed by atoms with Crippen molar-refractivity contribution in [1.29, 1.82) is 0 Å². The summed E-state index contributed by atoms with van der Waals surface area (Å²) in [4.78, 5) is 40.6. The maximum atomic E-state index is 4.35. The number of fused-ring (bicyclic) bond motifs is 18. The fourth-order valence-electron chi connectivity index (χ4n) is 10.8. The molecule has 12 aromatic rings. The van der Waals surface area contributed by atoms with Gasteiger partial charge in [-0.1, -0.05) is 194 Å². The molecule has 0 radical (unpaired) electrons. The van der Waals surface area contributed by atoms with Gasteiger partial charge < -0.3 is 0 Å². The van der Waals surface area contributed by atoms with Crippen molar-refractivity contribution in [3.05, 3.63) is 213 Å². The van der Waals surface area contributed by atoms with Crippen LogP contribution in [0.3, 0.4) is 0 Å². The van der Waals surface area contributed by atoms with Crippen molar-refractivity contribution in [3.63, 3.8) is 0 Å². The van der Waals surface area contributed by atoms with E-state index in [1.54, 1.807) is 49.8 Å². The van der Waals surface area contributed by atoms with Gasteiger partial charge in [-0.2, -0.15) is 0 Å². The Morgan fingerprint density at radius 1 is 0.245 bits per heavy atom. The standard InChI is InChI=1S/C10H10N3.3C9H9N4.2C8H8N5.12C2H6/c1-8-9-4-2-3-5-10(9)12-7-6-11-13(8)12;1-7-8-6-10-3-2-9(8)12-5-4-11-13(7)12;1-7-8-2-3-10-6-9(8)12-5-4-11-13(7)12;1-7-9-8(3-2-4-10-9)12-6-5-11-13(7)12;1-6-8-7(4-9-5-10-8)12-3-2-11-13(6)12;1-6-7-4-9-5-10-8(7)12-3-2-11-13(6)12;12*1-2/h2-8H,1H3;3*2-7H,1H3;2*2-6H,1H3;12*1-2H3/q6*+1;;;;;;;;;;;;. The summed E-state index contributed by atoms with van der Waals surface area (Å²) < 4.78 is 12.1. The van der Waals surface area contributed by atoms with Gasteiger partial charge in [-0.3, -0.25) is 15.0 Å². The lowest BCUT2D eigenvalue weighted by Gasteiger charge is -1.96. The van der Waals surface area contributed by atoms with Crippen LogP contribution in [0.2, 0.25) is 0 Å². The minimum Gasteiger partial charge on any atom is -0.264 e. The highest BCUT2D eigenvalue weighted by Gasteiger charge is 2.37. The second kappa shape index (κ2) is 49.2. The molecule has 6 aliphatic heterocycles. The number of pyridine rings is 3. The zero-order valence-corrected chi connectivity index (χ0v) is 67.4. The average molecular weight is 1400 g/mol. The van der Waals surface area contributed by atoms with Crippen LogP contribution in [0.4, 0.5) is 0 Å². The number of benzene rings is 1. The zero-order chi connectivity index (χ0) is 77.0. The molecule has 102 heavy (non-hydrogen) atoms. The van der Waals surface area contributed by atoms with Crippen molar-refractivity contribution in [2.75, 3.05) is 0 Å². The number of hydrogen-bond acceptors (Lipinski definition) is 13. The van der Waals surface area contributed by atoms with Crippen LogP contribution < -0.4 is 28.1 Å². The van der Waals surface area contributed by atoms with Crippen molar-refractivity contribution in [2.45, 2.75) is 244 Å². The zero-order valence-electron chi connectivity index (χ0n) is 67.4. The smallest absolute Gasteiger partial charge is 0.264 e. The summed E-state index contributed by atoms with van der Waals surface area (Å²) >= 11 is 0. The molecular weight excluding hydrogens is 1280 g/mol. The fourth-order valence-corrected chi connectivity index (χ4v) is 10.8. The first-order valence-corrected chi connectivity index (χ1v) is 37.5. The molecule has 0 spiro atoms. The Kier molecular flexibility index (Phi) is 43.3. The molecule has 18 rings (SSSR count). The predicted molar refractivity (Wildman–Crippen MR) is 406 cm³/mol. The molecule has 17 heterocycles. The van der Waals surface area contributed by atoms with Gasteiger partial charge in [-0.05, 0) is 94.9 Å². The predicted octanol–water partition coefficient (Wildman–Crippen LogP) is 14.6. The average Bonchev–Trinajstić information content (AvgIpc) is 1.68. The van der Waals surface area contributed by atoms with Gasteiger partial charge in [0.1, 0.15) is 48.1 Å². The lowest BCUT2D eigenvalue weighted by Crippen LogP contribution is -2.37. The van der Waals surface area contributed by atoms with Gasteiger partial charge in [0, 0.05) is 79.2 Å². The van der Waals surface area contributed by atoms with Crippen LogP contribution in [0.1, 0.15) is 278 Å². The van der Waals surface area contributed by atoms with Crippen LogP contribution in [0.5, 0.6) is 0 Å². The first-order valence-electron chi connectivity index (χ1n) is 37.5. The highest BCUT2D eigenvalue weighted by Crippen LogP contribution is 2.28. The molecule has 11 aromatic heterocycles. The van der Waals surface area contributed by atoms with E-state index < -0.39 is 0 Å². The fraction of sp³-hybridized carbons (Fsp3) is 0.468. The van der Waals surface area contributed by atoms with Crippen LogP contribution in [-0.4, -0.2) is 94.3 Å². The number of nitrogens with zero attached hydrogens (tertiary/aromatic N) is 25. The minimum absolute atomic E-state index is 0.202. The van der Waals surface area contributed by atoms with Crippen molar-refractivity contribution in [3.8, 4) is 34.3 Å². The van der Waals surface area contributed by atoms with E-state index in [1.807, 2.05) is 317 Å². The normalized spacial score (nSPS) is 14.8. The van der Waals surface area contributed by atoms with Crippen molar-refractivity contribution in [2.24, 2.45) is 0 Å². The number of aromatic nitrogens is 25. The van der Waals surface area contributed by atoms with Crippen molar-refractivity contribution in [1.82, 2.24) is 94.3 Å². The molecule has 6 atom stereocenters. The SMILES string of the molecule is CC.CC.CC.CC.CC.CC.CC.CC.CC.CC.CC.CC.CC1c2ccccc2-[n+]2ccnn21.CC1c2ccncc2-[n+]2ccnn21.CC1c2cnccc2-[n+]2ccnn21.CC1c2cncnc2-[n+]2ccnn21.CC1c2ncccc2-[n+]2ccnn21.CC1c2ncncc2-[n+]2ccnn21. The van der Waals surface area contributed by atoms with E-state index in [9.17, 15) is 0 Å². The van der Waals surface area contributed by atoms with Crippen LogP contribution in [-0.2, 0) is 0 Å². The summed E-state index contributed by atoms with van der Waals surface area (Å²) in [6, 6.07) is 18.1. The third-order valence-electron chi connectivity index (χ3n) is 14.7. The molecule has 6 unspecified atom stereocenters. The Morgan fingerprint density at radius 3 is 1.08 bits per heavy atom. The molecule has 0 fully saturated rings. The summed E-state index contributed by atoms with van der Waals surface area (Å²) in [5.74, 6) is 0.931. The van der Waals surface area contributed by atoms with E-state index in [2.05, 4.69) is 142 Å². The van der Waals surface area contributed by atoms with Crippen LogP contribution in [0.25, 0.3) is 34.3 Å². The molecule has 0 N–H and O–H groups in total. The van der Waals surface area contributed by atoms with Gasteiger partial charge in [0.05, 0.1) is 18.0 Å². The molecule has 1 aromatic carbocycles. The Hall–Kier alpha value is -10.3. The molecule has 25 heteroatoms. The summed E-state index contributed by atoms with van der Waals surface area (Å²) in [5, 5.41) is 25.4. The van der Waals surface area contributed by atoms with E-state index in [0.717, 1.165) is 39.8 Å². The van der Waals surface area contributed by atoms with Crippen molar-refractivity contribution >= 4 is 0 Å². The lowest BCUT2D eigenvalue weighted by molar-refractivity contribution is -0.686. The number of rotatable bonds is 0.